The number of hydrogen-bond donors (Lipinski definition) is 1. The molecule has 1 N–H and O–H groups in total. The highest BCUT2D eigenvalue weighted by Crippen LogP contribution is 2.27. The topological polar surface area (TPSA) is 24.5 Å². The van der Waals surface area contributed by atoms with Crippen LogP contribution in [0.3, 0.4) is 0 Å². The van der Waals surface area contributed by atoms with Crippen molar-refractivity contribution in [2.24, 2.45) is 0 Å². The molecule has 1 aromatic heterocycles. The van der Waals surface area contributed by atoms with Crippen LogP contribution >= 0.6 is 11.3 Å². The van der Waals surface area contributed by atoms with E-state index in [1.54, 1.807) is 0 Å². The van der Waals surface area contributed by atoms with E-state index in [1.165, 1.54) is 4.88 Å². The Bertz CT molecular complexity index is 294. The Balaban J connectivity index is 1.97. The first-order valence-electron chi connectivity index (χ1n) is 5.78. The van der Waals surface area contributed by atoms with Crippen molar-refractivity contribution in [3.8, 4) is 0 Å². The summed E-state index contributed by atoms with van der Waals surface area (Å²) in [5.74, 6) is 0. The number of thiophene rings is 1. The van der Waals surface area contributed by atoms with Crippen molar-refractivity contribution in [2.45, 2.75) is 18.5 Å². The first kappa shape index (κ1) is 12.0. The fourth-order valence-corrected chi connectivity index (χ4v) is 3.04. The highest BCUT2D eigenvalue weighted by atomic mass is 32.1. The summed E-state index contributed by atoms with van der Waals surface area (Å²) in [6.07, 6.45) is 1.12. The Labute approximate surface area is 101 Å². The van der Waals surface area contributed by atoms with Gasteiger partial charge in [-0.05, 0) is 32.0 Å². The van der Waals surface area contributed by atoms with Gasteiger partial charge in [0.15, 0.2) is 0 Å². The van der Waals surface area contributed by atoms with Gasteiger partial charge < -0.3 is 15.0 Å². The average molecular weight is 240 g/mol. The lowest BCUT2D eigenvalue weighted by atomic mass is 10.0. The van der Waals surface area contributed by atoms with Gasteiger partial charge in [-0.2, -0.15) is 0 Å². The highest BCUT2D eigenvalue weighted by Gasteiger charge is 2.22. The van der Waals surface area contributed by atoms with E-state index in [0.717, 1.165) is 26.2 Å². The molecule has 0 amide bonds. The molecule has 16 heavy (non-hydrogen) atoms. The van der Waals surface area contributed by atoms with Crippen LogP contribution in [0.1, 0.15) is 17.3 Å². The van der Waals surface area contributed by atoms with Crippen LogP contribution < -0.4 is 5.32 Å². The standard InChI is InChI=1S/C12H20N2OS/c1-14(2)11(12-4-3-7-16-12)8-10-9-15-6-5-13-10/h3-4,7,10-11,13H,5-6,8-9H2,1-2H3. The van der Waals surface area contributed by atoms with Crippen molar-refractivity contribution >= 4 is 11.3 Å². The minimum Gasteiger partial charge on any atom is -0.379 e. The maximum absolute atomic E-state index is 5.50. The van der Waals surface area contributed by atoms with Crippen LogP contribution in [0.2, 0.25) is 0 Å². The molecule has 0 saturated carbocycles. The second-order valence-electron chi connectivity index (χ2n) is 4.46. The average Bonchev–Trinajstić information content (AvgIpc) is 2.80. The van der Waals surface area contributed by atoms with E-state index in [2.05, 4.69) is 41.8 Å². The predicted molar refractivity (Wildman–Crippen MR) is 68.0 cm³/mol. The Morgan fingerprint density at radius 3 is 3.06 bits per heavy atom. The smallest absolute Gasteiger partial charge is 0.0620 e. The number of hydrogen-bond acceptors (Lipinski definition) is 4. The van der Waals surface area contributed by atoms with Crippen LogP contribution in [0, 0.1) is 0 Å². The third-order valence-electron chi connectivity index (χ3n) is 3.00. The molecule has 0 aromatic carbocycles. The van der Waals surface area contributed by atoms with Gasteiger partial charge in [-0.25, -0.2) is 0 Å². The molecule has 0 radical (unpaired) electrons. The van der Waals surface area contributed by atoms with Crippen molar-refractivity contribution in [3.05, 3.63) is 22.4 Å². The number of nitrogens with zero attached hydrogens (tertiary/aromatic N) is 1. The van der Waals surface area contributed by atoms with Crippen molar-refractivity contribution in [1.29, 1.82) is 0 Å². The minimum absolute atomic E-state index is 0.489. The molecule has 1 aliphatic rings. The van der Waals surface area contributed by atoms with Gasteiger partial charge in [0.05, 0.1) is 13.2 Å². The molecule has 2 heterocycles. The molecule has 0 spiro atoms. The van der Waals surface area contributed by atoms with Gasteiger partial charge in [0.2, 0.25) is 0 Å². The van der Waals surface area contributed by atoms with Gasteiger partial charge in [-0.15, -0.1) is 11.3 Å². The molecule has 4 heteroatoms. The third-order valence-corrected chi connectivity index (χ3v) is 3.97. The zero-order valence-electron chi connectivity index (χ0n) is 9.98. The van der Waals surface area contributed by atoms with Crippen molar-refractivity contribution in [2.75, 3.05) is 33.9 Å². The van der Waals surface area contributed by atoms with E-state index >= 15 is 0 Å². The predicted octanol–water partition coefficient (Wildman–Crippen LogP) is 1.73. The van der Waals surface area contributed by atoms with Gasteiger partial charge in [0, 0.05) is 23.5 Å². The number of morpholine rings is 1. The molecule has 2 unspecified atom stereocenters. The molecule has 3 nitrogen and oxygen atoms in total. The van der Waals surface area contributed by atoms with Gasteiger partial charge in [-0.3, -0.25) is 0 Å². The van der Waals surface area contributed by atoms with E-state index in [-0.39, 0.29) is 0 Å². The molecule has 1 fully saturated rings. The normalized spacial score (nSPS) is 23.6. The molecular weight excluding hydrogens is 220 g/mol. The molecule has 1 saturated heterocycles. The van der Waals surface area contributed by atoms with Gasteiger partial charge in [0.25, 0.3) is 0 Å². The lowest BCUT2D eigenvalue weighted by Gasteiger charge is -2.30. The monoisotopic (exact) mass is 240 g/mol. The van der Waals surface area contributed by atoms with Crippen molar-refractivity contribution in [1.82, 2.24) is 10.2 Å². The van der Waals surface area contributed by atoms with Crippen LogP contribution in [0.5, 0.6) is 0 Å². The summed E-state index contributed by atoms with van der Waals surface area (Å²) < 4.78 is 5.50. The summed E-state index contributed by atoms with van der Waals surface area (Å²) >= 11 is 1.84. The second-order valence-corrected chi connectivity index (χ2v) is 5.44. The van der Waals surface area contributed by atoms with Crippen molar-refractivity contribution in [3.63, 3.8) is 0 Å². The van der Waals surface area contributed by atoms with Gasteiger partial charge in [-0.1, -0.05) is 6.07 Å². The van der Waals surface area contributed by atoms with E-state index in [9.17, 15) is 0 Å². The quantitative estimate of drug-likeness (QED) is 0.867. The summed E-state index contributed by atoms with van der Waals surface area (Å²) in [5.41, 5.74) is 0. The largest absolute Gasteiger partial charge is 0.379 e. The highest BCUT2D eigenvalue weighted by molar-refractivity contribution is 7.10. The maximum atomic E-state index is 5.50. The molecule has 1 aromatic rings. The summed E-state index contributed by atoms with van der Waals surface area (Å²) in [6.45, 7) is 2.67. The number of ether oxygens (including phenoxy) is 1. The second kappa shape index (κ2) is 5.77. The molecule has 0 bridgehead atoms. The number of rotatable bonds is 4. The summed E-state index contributed by atoms with van der Waals surface area (Å²) in [7, 11) is 4.29. The fraction of sp³-hybridized carbons (Fsp3) is 0.667. The van der Waals surface area contributed by atoms with Crippen LogP contribution in [-0.4, -0.2) is 44.8 Å². The SMILES string of the molecule is CN(C)C(CC1COCCN1)c1cccs1. The molecule has 2 atom stereocenters. The maximum Gasteiger partial charge on any atom is 0.0620 e. The van der Waals surface area contributed by atoms with E-state index < -0.39 is 0 Å². The summed E-state index contributed by atoms with van der Waals surface area (Å²) in [4.78, 5) is 3.74. The van der Waals surface area contributed by atoms with E-state index in [1.807, 2.05) is 11.3 Å². The van der Waals surface area contributed by atoms with Crippen LogP contribution in [0.25, 0.3) is 0 Å². The third kappa shape index (κ3) is 3.04. The molecule has 90 valence electrons. The van der Waals surface area contributed by atoms with E-state index in [0.29, 0.717) is 12.1 Å². The van der Waals surface area contributed by atoms with Crippen LogP contribution in [0.4, 0.5) is 0 Å². The summed E-state index contributed by atoms with van der Waals surface area (Å²) in [5, 5.41) is 5.67. The first-order valence-corrected chi connectivity index (χ1v) is 6.66. The zero-order chi connectivity index (χ0) is 11.4. The van der Waals surface area contributed by atoms with E-state index in [4.69, 9.17) is 4.74 Å². The van der Waals surface area contributed by atoms with Gasteiger partial charge >= 0.3 is 0 Å². The minimum atomic E-state index is 0.489. The van der Waals surface area contributed by atoms with Gasteiger partial charge in [0.1, 0.15) is 0 Å². The Morgan fingerprint density at radius 1 is 1.62 bits per heavy atom. The zero-order valence-corrected chi connectivity index (χ0v) is 10.8. The number of nitrogens with one attached hydrogen (secondary N) is 1. The van der Waals surface area contributed by atoms with Crippen molar-refractivity contribution < 1.29 is 4.74 Å². The Hall–Kier alpha value is -0.420. The van der Waals surface area contributed by atoms with Crippen LogP contribution in [0.15, 0.2) is 17.5 Å². The molecule has 1 aliphatic heterocycles. The lowest BCUT2D eigenvalue weighted by molar-refractivity contribution is 0.0651. The Kier molecular flexibility index (Phi) is 4.35. The molecular formula is C12H20N2OS. The molecule has 2 rings (SSSR count). The Morgan fingerprint density at radius 2 is 2.50 bits per heavy atom. The van der Waals surface area contributed by atoms with Crippen LogP contribution in [-0.2, 0) is 4.74 Å². The summed E-state index contributed by atoms with van der Waals surface area (Å²) in [6, 6.07) is 5.34. The first-order chi connectivity index (χ1) is 7.77. The fourth-order valence-electron chi connectivity index (χ4n) is 2.10. The molecule has 0 aliphatic carbocycles. The lowest BCUT2D eigenvalue weighted by Crippen LogP contribution is -2.43.